The number of nitrogens with zero attached hydrogens (tertiary/aromatic N) is 2. The zero-order chi connectivity index (χ0) is 12.8. The highest BCUT2D eigenvalue weighted by Crippen LogP contribution is 2.10. The second-order valence-corrected chi connectivity index (χ2v) is 5.77. The maximum atomic E-state index is 3.65. The van der Waals surface area contributed by atoms with E-state index < -0.39 is 0 Å². The molecular weight excluding hydrogens is 210 g/mol. The first-order valence-corrected chi connectivity index (χ1v) is 7.22. The van der Waals surface area contributed by atoms with Crippen LogP contribution in [0.2, 0.25) is 0 Å². The molecule has 1 aliphatic rings. The van der Waals surface area contributed by atoms with Crippen molar-refractivity contribution in [3.8, 4) is 0 Å². The number of hydrogen-bond acceptors (Lipinski definition) is 3. The summed E-state index contributed by atoms with van der Waals surface area (Å²) >= 11 is 0. The molecule has 1 fully saturated rings. The van der Waals surface area contributed by atoms with Crippen molar-refractivity contribution in [3.63, 3.8) is 0 Å². The Bertz CT molecular complexity index is 208. The third kappa shape index (κ3) is 4.94. The summed E-state index contributed by atoms with van der Waals surface area (Å²) in [4.78, 5) is 5.08. The number of rotatable bonds is 6. The SMILES string of the molecule is CCCC(C)NCC(C)N1CCN(C)C(C)C1. The zero-order valence-electron chi connectivity index (χ0n) is 12.4. The van der Waals surface area contributed by atoms with Crippen LogP contribution in [-0.4, -0.2) is 61.2 Å². The lowest BCUT2D eigenvalue weighted by molar-refractivity contribution is 0.0764. The number of nitrogens with one attached hydrogen (secondary N) is 1. The van der Waals surface area contributed by atoms with Crippen molar-refractivity contribution >= 4 is 0 Å². The highest BCUT2D eigenvalue weighted by Gasteiger charge is 2.23. The lowest BCUT2D eigenvalue weighted by atomic mass is 10.1. The van der Waals surface area contributed by atoms with E-state index in [1.807, 2.05) is 0 Å². The quantitative estimate of drug-likeness (QED) is 0.765. The predicted octanol–water partition coefficient (Wildman–Crippen LogP) is 1.79. The Labute approximate surface area is 108 Å². The number of piperazine rings is 1. The van der Waals surface area contributed by atoms with Gasteiger partial charge in [0.25, 0.3) is 0 Å². The largest absolute Gasteiger partial charge is 0.313 e. The number of likely N-dealkylation sites (N-methyl/N-ethyl adjacent to an activating group) is 1. The van der Waals surface area contributed by atoms with Gasteiger partial charge < -0.3 is 10.2 Å². The molecule has 3 unspecified atom stereocenters. The van der Waals surface area contributed by atoms with E-state index in [4.69, 9.17) is 0 Å². The van der Waals surface area contributed by atoms with Gasteiger partial charge in [-0.2, -0.15) is 0 Å². The normalized spacial score (nSPS) is 27.0. The number of hydrogen-bond donors (Lipinski definition) is 1. The molecule has 3 atom stereocenters. The molecule has 0 bridgehead atoms. The fourth-order valence-corrected chi connectivity index (χ4v) is 2.51. The summed E-state index contributed by atoms with van der Waals surface area (Å²) < 4.78 is 0. The molecule has 1 aliphatic heterocycles. The molecule has 3 heteroatoms. The fraction of sp³-hybridized carbons (Fsp3) is 1.00. The maximum Gasteiger partial charge on any atom is 0.0193 e. The lowest BCUT2D eigenvalue weighted by Crippen LogP contribution is -2.55. The van der Waals surface area contributed by atoms with E-state index in [9.17, 15) is 0 Å². The minimum absolute atomic E-state index is 0.658. The van der Waals surface area contributed by atoms with Crippen LogP contribution in [-0.2, 0) is 0 Å². The molecule has 1 rings (SSSR count). The van der Waals surface area contributed by atoms with Gasteiger partial charge in [-0.05, 0) is 34.2 Å². The monoisotopic (exact) mass is 241 g/mol. The lowest BCUT2D eigenvalue weighted by Gasteiger charge is -2.41. The van der Waals surface area contributed by atoms with Crippen LogP contribution >= 0.6 is 0 Å². The van der Waals surface area contributed by atoms with Crippen LogP contribution in [0.1, 0.15) is 40.5 Å². The highest BCUT2D eigenvalue weighted by molar-refractivity contribution is 4.81. The molecule has 1 heterocycles. The molecule has 0 aromatic rings. The summed E-state index contributed by atoms with van der Waals surface area (Å²) in [7, 11) is 2.23. The van der Waals surface area contributed by atoms with Gasteiger partial charge in [0, 0.05) is 44.3 Å². The van der Waals surface area contributed by atoms with E-state index >= 15 is 0 Å². The summed E-state index contributed by atoms with van der Waals surface area (Å²) in [5, 5.41) is 3.65. The van der Waals surface area contributed by atoms with Crippen molar-refractivity contribution in [2.45, 2.75) is 58.7 Å². The van der Waals surface area contributed by atoms with E-state index in [0.29, 0.717) is 18.1 Å². The van der Waals surface area contributed by atoms with Crippen LogP contribution < -0.4 is 5.32 Å². The Morgan fingerprint density at radius 2 is 2.00 bits per heavy atom. The van der Waals surface area contributed by atoms with Crippen LogP contribution in [0.5, 0.6) is 0 Å². The first-order chi connectivity index (χ1) is 8.04. The molecule has 1 N–H and O–H groups in total. The van der Waals surface area contributed by atoms with E-state index in [-0.39, 0.29) is 0 Å². The van der Waals surface area contributed by atoms with Crippen LogP contribution in [0.4, 0.5) is 0 Å². The topological polar surface area (TPSA) is 18.5 Å². The van der Waals surface area contributed by atoms with Gasteiger partial charge in [-0.15, -0.1) is 0 Å². The van der Waals surface area contributed by atoms with Gasteiger partial charge in [0.05, 0.1) is 0 Å². The third-order valence-electron chi connectivity index (χ3n) is 4.10. The van der Waals surface area contributed by atoms with Gasteiger partial charge in [0.15, 0.2) is 0 Å². The van der Waals surface area contributed by atoms with Gasteiger partial charge in [-0.3, -0.25) is 4.90 Å². The molecule has 102 valence electrons. The summed E-state index contributed by atoms with van der Waals surface area (Å²) in [6.45, 7) is 14.0. The Morgan fingerprint density at radius 3 is 2.59 bits per heavy atom. The highest BCUT2D eigenvalue weighted by atomic mass is 15.3. The second-order valence-electron chi connectivity index (χ2n) is 5.77. The summed E-state index contributed by atoms with van der Waals surface area (Å²) in [5.41, 5.74) is 0. The average molecular weight is 241 g/mol. The van der Waals surface area contributed by atoms with Crippen molar-refractivity contribution in [1.29, 1.82) is 0 Å². The summed E-state index contributed by atoms with van der Waals surface area (Å²) in [6, 6.07) is 2.01. The molecule has 0 aromatic heterocycles. The van der Waals surface area contributed by atoms with E-state index in [0.717, 1.165) is 6.54 Å². The zero-order valence-corrected chi connectivity index (χ0v) is 12.4. The Hall–Kier alpha value is -0.120. The van der Waals surface area contributed by atoms with Gasteiger partial charge in [0.1, 0.15) is 0 Å². The molecule has 0 spiro atoms. The summed E-state index contributed by atoms with van der Waals surface area (Å²) in [5.74, 6) is 0. The van der Waals surface area contributed by atoms with E-state index in [1.165, 1.54) is 32.5 Å². The fourth-order valence-electron chi connectivity index (χ4n) is 2.51. The molecule has 0 aliphatic carbocycles. The van der Waals surface area contributed by atoms with Gasteiger partial charge >= 0.3 is 0 Å². The smallest absolute Gasteiger partial charge is 0.0193 e. The minimum atomic E-state index is 0.658. The Balaban J connectivity index is 2.25. The molecule has 1 saturated heterocycles. The van der Waals surface area contributed by atoms with Gasteiger partial charge in [-0.25, -0.2) is 0 Å². The van der Waals surface area contributed by atoms with Gasteiger partial charge in [0.2, 0.25) is 0 Å². The molecule has 0 aromatic carbocycles. The van der Waals surface area contributed by atoms with Crippen LogP contribution in [0, 0.1) is 0 Å². The van der Waals surface area contributed by atoms with Crippen LogP contribution in [0.25, 0.3) is 0 Å². The molecular formula is C14H31N3. The van der Waals surface area contributed by atoms with E-state index in [2.05, 4.69) is 49.9 Å². The molecule has 0 radical (unpaired) electrons. The summed E-state index contributed by atoms with van der Waals surface area (Å²) in [6.07, 6.45) is 2.56. The first-order valence-electron chi connectivity index (χ1n) is 7.22. The third-order valence-corrected chi connectivity index (χ3v) is 4.10. The van der Waals surface area contributed by atoms with Crippen molar-refractivity contribution in [2.75, 3.05) is 33.2 Å². The minimum Gasteiger partial charge on any atom is -0.313 e. The Morgan fingerprint density at radius 1 is 1.29 bits per heavy atom. The van der Waals surface area contributed by atoms with Crippen LogP contribution in [0.15, 0.2) is 0 Å². The van der Waals surface area contributed by atoms with Crippen molar-refractivity contribution in [1.82, 2.24) is 15.1 Å². The standard InChI is InChI=1S/C14H31N3/c1-6-7-12(2)15-10-13(3)17-9-8-16(5)14(4)11-17/h12-15H,6-11H2,1-5H3. The molecule has 0 amide bonds. The molecule has 0 saturated carbocycles. The maximum absolute atomic E-state index is 3.65. The van der Waals surface area contributed by atoms with Gasteiger partial charge in [-0.1, -0.05) is 13.3 Å². The van der Waals surface area contributed by atoms with E-state index in [1.54, 1.807) is 0 Å². The van der Waals surface area contributed by atoms with Crippen LogP contribution in [0.3, 0.4) is 0 Å². The predicted molar refractivity (Wildman–Crippen MR) is 75.5 cm³/mol. The van der Waals surface area contributed by atoms with Crippen molar-refractivity contribution in [2.24, 2.45) is 0 Å². The van der Waals surface area contributed by atoms with Crippen molar-refractivity contribution in [3.05, 3.63) is 0 Å². The first kappa shape index (κ1) is 14.9. The second kappa shape index (κ2) is 7.34. The average Bonchev–Trinajstić information content (AvgIpc) is 2.30. The molecule has 3 nitrogen and oxygen atoms in total. The molecule has 17 heavy (non-hydrogen) atoms. The Kier molecular flexibility index (Phi) is 6.45. The van der Waals surface area contributed by atoms with Crippen molar-refractivity contribution < 1.29 is 0 Å².